The van der Waals surface area contributed by atoms with Gasteiger partial charge in [0.15, 0.2) is 0 Å². The van der Waals surface area contributed by atoms with E-state index in [2.05, 4.69) is 6.58 Å². The molecule has 0 aliphatic carbocycles. The molecule has 0 unspecified atom stereocenters. The zero-order valence-corrected chi connectivity index (χ0v) is 11.7. The topological polar surface area (TPSA) is 49.8 Å². The lowest BCUT2D eigenvalue weighted by Crippen LogP contribution is -2.45. The van der Waals surface area contributed by atoms with Crippen molar-refractivity contribution in [3.63, 3.8) is 0 Å². The van der Waals surface area contributed by atoms with E-state index >= 15 is 0 Å². The maximum atomic E-state index is 12.0. The molecule has 1 rings (SSSR count). The molecule has 1 aliphatic rings. The second kappa shape index (κ2) is 6.23. The second-order valence-corrected chi connectivity index (χ2v) is 5.82. The van der Waals surface area contributed by atoms with Gasteiger partial charge in [0, 0.05) is 6.54 Å². The number of rotatable bonds is 4. The van der Waals surface area contributed by atoms with Crippen LogP contribution in [0.4, 0.5) is 4.79 Å². The largest absolute Gasteiger partial charge is 0.444 e. The first-order valence-corrected chi connectivity index (χ1v) is 6.63. The SMILES string of the molecule is C=CCC[C@H](O)[C@@H]1CCCN1C(=O)OC(C)(C)C. The van der Waals surface area contributed by atoms with Crippen LogP contribution in [-0.2, 0) is 4.74 Å². The van der Waals surface area contributed by atoms with Crippen molar-refractivity contribution >= 4 is 6.09 Å². The highest BCUT2D eigenvalue weighted by atomic mass is 16.6. The Bertz CT molecular complexity index is 296. The number of aliphatic hydroxyl groups excluding tert-OH is 1. The number of carbonyl (C=O) groups excluding carboxylic acids is 1. The minimum atomic E-state index is -0.490. The van der Waals surface area contributed by atoms with Crippen LogP contribution in [0, 0.1) is 0 Å². The number of allylic oxidation sites excluding steroid dienone is 1. The number of ether oxygens (including phenoxy) is 1. The zero-order chi connectivity index (χ0) is 13.8. The molecule has 1 fully saturated rings. The van der Waals surface area contributed by atoms with Crippen molar-refractivity contribution in [2.24, 2.45) is 0 Å². The Balaban J connectivity index is 2.58. The van der Waals surface area contributed by atoms with Crippen molar-refractivity contribution in [1.82, 2.24) is 4.90 Å². The Hall–Kier alpha value is -1.03. The summed E-state index contributed by atoms with van der Waals surface area (Å²) in [6.07, 6.45) is 4.16. The van der Waals surface area contributed by atoms with Gasteiger partial charge in [-0.05, 0) is 46.5 Å². The quantitative estimate of drug-likeness (QED) is 0.786. The first kappa shape index (κ1) is 15.0. The van der Waals surface area contributed by atoms with Gasteiger partial charge in [-0.3, -0.25) is 0 Å². The molecule has 4 heteroatoms. The summed E-state index contributed by atoms with van der Waals surface area (Å²) in [4.78, 5) is 13.7. The van der Waals surface area contributed by atoms with Crippen molar-refractivity contribution in [1.29, 1.82) is 0 Å². The number of likely N-dealkylation sites (tertiary alicyclic amines) is 1. The smallest absolute Gasteiger partial charge is 0.410 e. The molecule has 1 aliphatic heterocycles. The first-order valence-electron chi connectivity index (χ1n) is 6.63. The molecule has 0 aromatic rings. The van der Waals surface area contributed by atoms with Crippen LogP contribution in [0.15, 0.2) is 12.7 Å². The summed E-state index contributed by atoms with van der Waals surface area (Å²) >= 11 is 0. The van der Waals surface area contributed by atoms with E-state index in [9.17, 15) is 9.90 Å². The summed E-state index contributed by atoms with van der Waals surface area (Å²) < 4.78 is 5.36. The monoisotopic (exact) mass is 255 g/mol. The zero-order valence-electron chi connectivity index (χ0n) is 11.7. The van der Waals surface area contributed by atoms with Gasteiger partial charge >= 0.3 is 6.09 Å². The molecular formula is C14H25NO3. The van der Waals surface area contributed by atoms with E-state index < -0.39 is 11.7 Å². The first-order chi connectivity index (χ1) is 8.35. The summed E-state index contributed by atoms with van der Waals surface area (Å²) in [6, 6.07) is -0.111. The lowest BCUT2D eigenvalue weighted by molar-refractivity contribution is 0.00412. The van der Waals surface area contributed by atoms with Crippen LogP contribution >= 0.6 is 0 Å². The summed E-state index contributed by atoms with van der Waals surface area (Å²) in [7, 11) is 0. The van der Waals surface area contributed by atoms with Gasteiger partial charge in [-0.25, -0.2) is 4.79 Å². The number of nitrogens with zero attached hydrogens (tertiary/aromatic N) is 1. The molecule has 2 atom stereocenters. The van der Waals surface area contributed by atoms with Crippen LogP contribution in [-0.4, -0.2) is 40.4 Å². The van der Waals surface area contributed by atoms with Crippen molar-refractivity contribution < 1.29 is 14.6 Å². The van der Waals surface area contributed by atoms with E-state index in [1.165, 1.54) is 0 Å². The Labute approximate surface area is 110 Å². The van der Waals surface area contributed by atoms with Gasteiger partial charge in [0.1, 0.15) is 5.60 Å². The van der Waals surface area contributed by atoms with E-state index in [0.29, 0.717) is 13.0 Å². The Morgan fingerprint density at radius 2 is 2.28 bits per heavy atom. The van der Waals surface area contributed by atoms with E-state index in [1.54, 1.807) is 11.0 Å². The summed E-state index contributed by atoms with van der Waals surface area (Å²) in [5.41, 5.74) is -0.490. The van der Waals surface area contributed by atoms with Crippen molar-refractivity contribution in [3.05, 3.63) is 12.7 Å². The van der Waals surface area contributed by atoms with Gasteiger partial charge in [0.2, 0.25) is 0 Å². The number of carbonyl (C=O) groups is 1. The standard InChI is InChI=1S/C14H25NO3/c1-5-6-9-12(16)11-8-7-10-15(11)13(17)18-14(2,3)4/h5,11-12,16H,1,6-10H2,2-4H3/t11-,12-/m0/s1. The van der Waals surface area contributed by atoms with Gasteiger partial charge in [0.25, 0.3) is 0 Å². The van der Waals surface area contributed by atoms with Gasteiger partial charge in [-0.15, -0.1) is 6.58 Å². The number of hydrogen-bond donors (Lipinski definition) is 1. The van der Waals surface area contributed by atoms with Crippen molar-refractivity contribution in [2.75, 3.05) is 6.54 Å². The molecule has 0 radical (unpaired) electrons. The van der Waals surface area contributed by atoms with Crippen molar-refractivity contribution in [2.45, 2.75) is 64.2 Å². The molecule has 0 saturated carbocycles. The van der Waals surface area contributed by atoms with E-state index in [0.717, 1.165) is 19.3 Å². The maximum absolute atomic E-state index is 12.0. The number of hydrogen-bond acceptors (Lipinski definition) is 3. The summed E-state index contributed by atoms with van der Waals surface area (Å²) in [5, 5.41) is 10.1. The van der Waals surface area contributed by atoms with Crippen LogP contribution in [0.5, 0.6) is 0 Å². The highest BCUT2D eigenvalue weighted by molar-refractivity contribution is 5.69. The molecule has 0 bridgehead atoms. The molecular weight excluding hydrogens is 230 g/mol. The number of aliphatic hydroxyl groups is 1. The molecule has 1 amide bonds. The molecule has 0 spiro atoms. The molecule has 4 nitrogen and oxygen atoms in total. The van der Waals surface area contributed by atoms with E-state index in [4.69, 9.17) is 4.74 Å². The number of amides is 1. The lowest BCUT2D eigenvalue weighted by Gasteiger charge is -2.31. The second-order valence-electron chi connectivity index (χ2n) is 5.82. The Morgan fingerprint density at radius 1 is 1.61 bits per heavy atom. The fourth-order valence-corrected chi connectivity index (χ4v) is 2.22. The molecule has 104 valence electrons. The van der Waals surface area contributed by atoms with Crippen LogP contribution in [0.2, 0.25) is 0 Å². The van der Waals surface area contributed by atoms with Gasteiger partial charge in [-0.1, -0.05) is 6.08 Å². The third-order valence-corrected chi connectivity index (χ3v) is 3.04. The van der Waals surface area contributed by atoms with E-state index in [1.807, 2.05) is 20.8 Å². The summed E-state index contributed by atoms with van der Waals surface area (Å²) in [6.45, 7) is 9.87. The van der Waals surface area contributed by atoms with Gasteiger partial charge in [-0.2, -0.15) is 0 Å². The van der Waals surface area contributed by atoms with E-state index in [-0.39, 0.29) is 12.1 Å². The van der Waals surface area contributed by atoms with Gasteiger partial charge < -0.3 is 14.7 Å². The highest BCUT2D eigenvalue weighted by Crippen LogP contribution is 2.24. The molecule has 0 aromatic carbocycles. The normalized spacial score (nSPS) is 21.8. The lowest BCUT2D eigenvalue weighted by atomic mass is 10.0. The van der Waals surface area contributed by atoms with Crippen LogP contribution in [0.25, 0.3) is 0 Å². The van der Waals surface area contributed by atoms with Gasteiger partial charge in [0.05, 0.1) is 12.1 Å². The third-order valence-electron chi connectivity index (χ3n) is 3.04. The maximum Gasteiger partial charge on any atom is 0.410 e. The van der Waals surface area contributed by atoms with Crippen molar-refractivity contribution in [3.8, 4) is 0 Å². The molecule has 1 saturated heterocycles. The fraction of sp³-hybridized carbons (Fsp3) is 0.786. The Kier molecular flexibility index (Phi) is 5.20. The average Bonchev–Trinajstić information content (AvgIpc) is 2.72. The molecule has 18 heavy (non-hydrogen) atoms. The minimum absolute atomic E-state index is 0.111. The molecule has 1 N–H and O–H groups in total. The van der Waals surface area contributed by atoms with Crippen LogP contribution < -0.4 is 0 Å². The molecule has 1 heterocycles. The Morgan fingerprint density at radius 3 is 2.83 bits per heavy atom. The van der Waals surface area contributed by atoms with Crippen LogP contribution in [0.3, 0.4) is 0 Å². The third kappa shape index (κ3) is 4.33. The predicted octanol–water partition coefficient (Wildman–Crippen LogP) is 2.71. The molecule has 0 aromatic heterocycles. The average molecular weight is 255 g/mol. The minimum Gasteiger partial charge on any atom is -0.444 e. The fourth-order valence-electron chi connectivity index (χ4n) is 2.22. The van der Waals surface area contributed by atoms with Crippen LogP contribution in [0.1, 0.15) is 46.5 Å². The highest BCUT2D eigenvalue weighted by Gasteiger charge is 2.35. The predicted molar refractivity (Wildman–Crippen MR) is 71.4 cm³/mol. The summed E-state index contributed by atoms with van der Waals surface area (Å²) in [5.74, 6) is 0.